The summed E-state index contributed by atoms with van der Waals surface area (Å²) in [5.74, 6) is 1.08. The van der Waals surface area contributed by atoms with E-state index < -0.39 is 0 Å². The minimum absolute atomic E-state index is 0.201. The fourth-order valence-corrected chi connectivity index (χ4v) is 5.33. The van der Waals surface area contributed by atoms with Gasteiger partial charge in [-0.1, -0.05) is 6.07 Å². The lowest BCUT2D eigenvalue weighted by atomic mass is 9.96. The molecule has 0 saturated carbocycles. The molecule has 8 heteroatoms. The number of aryl methyl sites for hydroxylation is 1. The molecule has 0 radical (unpaired) electrons. The van der Waals surface area contributed by atoms with Crippen LogP contribution in [0.3, 0.4) is 0 Å². The number of thiocarbonyl (C=S) groups is 1. The number of methoxy groups -OCH3 is 2. The van der Waals surface area contributed by atoms with Gasteiger partial charge in [0.15, 0.2) is 5.11 Å². The van der Waals surface area contributed by atoms with Crippen LogP contribution >= 0.6 is 12.2 Å². The molecule has 0 spiro atoms. The average Bonchev–Trinajstić information content (AvgIpc) is 3.39. The number of rotatable bonds is 6. The topological polar surface area (TPSA) is 51.5 Å². The van der Waals surface area contributed by atoms with Crippen LogP contribution in [0.2, 0.25) is 0 Å². The number of hydrogen-bond donors (Lipinski definition) is 1. The largest absolute Gasteiger partial charge is 0.497 e. The molecular weight excluding hydrogens is 475 g/mol. The van der Waals surface area contributed by atoms with Gasteiger partial charge in [0.05, 0.1) is 37.7 Å². The van der Waals surface area contributed by atoms with E-state index in [-0.39, 0.29) is 17.9 Å². The standard InChI is InChI=1S/C28H27FN4O2S/c1-17-15-22(18(2)32(17)20-10-8-19(29)9-11-20)27-26(23-7-5-6-14-30-23)31-28(36)33(27)24-13-12-21(34-3)16-25(24)35-4/h5-16,26-27H,1-4H3,(H,31,36)/t26-,27-/m0/s1. The molecule has 36 heavy (non-hydrogen) atoms. The number of nitrogens with one attached hydrogen (secondary N) is 1. The van der Waals surface area contributed by atoms with Crippen molar-refractivity contribution in [2.24, 2.45) is 0 Å². The van der Waals surface area contributed by atoms with E-state index in [0.29, 0.717) is 16.6 Å². The highest BCUT2D eigenvalue weighted by molar-refractivity contribution is 7.80. The summed E-state index contributed by atoms with van der Waals surface area (Å²) in [6.45, 7) is 4.13. The minimum atomic E-state index is -0.264. The van der Waals surface area contributed by atoms with Gasteiger partial charge in [0.25, 0.3) is 0 Å². The summed E-state index contributed by atoms with van der Waals surface area (Å²) >= 11 is 5.89. The molecule has 0 amide bonds. The van der Waals surface area contributed by atoms with Crippen LogP contribution in [-0.2, 0) is 0 Å². The van der Waals surface area contributed by atoms with Crippen molar-refractivity contribution in [3.63, 3.8) is 0 Å². The van der Waals surface area contributed by atoms with Crippen molar-refractivity contribution in [3.05, 3.63) is 101 Å². The van der Waals surface area contributed by atoms with Crippen LogP contribution in [0.4, 0.5) is 10.1 Å². The maximum Gasteiger partial charge on any atom is 0.174 e. The zero-order chi connectivity index (χ0) is 25.4. The van der Waals surface area contributed by atoms with Crippen molar-refractivity contribution in [2.45, 2.75) is 25.9 Å². The van der Waals surface area contributed by atoms with Gasteiger partial charge in [0.2, 0.25) is 0 Å². The van der Waals surface area contributed by atoms with Crippen LogP contribution in [-0.4, -0.2) is 28.9 Å². The molecule has 1 aliphatic rings. The third-order valence-electron chi connectivity index (χ3n) is 6.62. The molecule has 1 fully saturated rings. The highest BCUT2D eigenvalue weighted by Crippen LogP contribution is 2.46. The first-order chi connectivity index (χ1) is 17.4. The minimum Gasteiger partial charge on any atom is -0.497 e. The molecule has 0 bridgehead atoms. The smallest absolute Gasteiger partial charge is 0.174 e. The molecule has 2 aromatic carbocycles. The highest BCUT2D eigenvalue weighted by atomic mass is 32.1. The molecule has 1 N–H and O–H groups in total. The first-order valence-electron chi connectivity index (χ1n) is 11.6. The number of anilines is 1. The quantitative estimate of drug-likeness (QED) is 0.335. The van der Waals surface area contributed by atoms with E-state index in [1.807, 2.05) is 36.4 Å². The van der Waals surface area contributed by atoms with Gasteiger partial charge >= 0.3 is 0 Å². The molecule has 3 heterocycles. The second-order valence-electron chi connectivity index (χ2n) is 8.67. The van der Waals surface area contributed by atoms with Crippen molar-refractivity contribution in [3.8, 4) is 17.2 Å². The molecule has 4 aromatic rings. The Labute approximate surface area is 215 Å². The van der Waals surface area contributed by atoms with Gasteiger partial charge in [-0.25, -0.2) is 4.39 Å². The monoisotopic (exact) mass is 502 g/mol. The number of pyridine rings is 1. The van der Waals surface area contributed by atoms with Crippen molar-refractivity contribution in [1.82, 2.24) is 14.9 Å². The Morgan fingerprint density at radius 1 is 0.972 bits per heavy atom. The fourth-order valence-electron chi connectivity index (χ4n) is 4.99. The van der Waals surface area contributed by atoms with E-state index in [1.165, 1.54) is 12.1 Å². The molecule has 6 nitrogen and oxygen atoms in total. The Morgan fingerprint density at radius 3 is 2.42 bits per heavy atom. The van der Waals surface area contributed by atoms with Crippen LogP contribution in [0, 0.1) is 19.7 Å². The number of aromatic nitrogens is 2. The van der Waals surface area contributed by atoms with E-state index in [9.17, 15) is 4.39 Å². The molecule has 0 unspecified atom stereocenters. The fraction of sp³-hybridized carbons (Fsp3) is 0.214. The van der Waals surface area contributed by atoms with Crippen LogP contribution < -0.4 is 19.7 Å². The lowest BCUT2D eigenvalue weighted by Gasteiger charge is -2.29. The first-order valence-corrected chi connectivity index (χ1v) is 12.0. The summed E-state index contributed by atoms with van der Waals surface area (Å²) in [5.41, 5.74) is 5.76. The van der Waals surface area contributed by atoms with Crippen LogP contribution in [0.5, 0.6) is 11.5 Å². The van der Waals surface area contributed by atoms with Gasteiger partial charge in [-0.3, -0.25) is 4.98 Å². The average molecular weight is 503 g/mol. The summed E-state index contributed by atoms with van der Waals surface area (Å²) in [6, 6.07) is 19.9. The Kier molecular flexibility index (Phi) is 6.36. The van der Waals surface area contributed by atoms with Crippen LogP contribution in [0.1, 0.15) is 34.7 Å². The van der Waals surface area contributed by atoms with E-state index in [0.717, 1.165) is 34.0 Å². The predicted octanol–water partition coefficient (Wildman–Crippen LogP) is 5.82. The summed E-state index contributed by atoms with van der Waals surface area (Å²) < 4.78 is 26.9. The van der Waals surface area contributed by atoms with Gasteiger partial charge in [-0.05, 0) is 86.2 Å². The van der Waals surface area contributed by atoms with Crippen LogP contribution in [0.15, 0.2) is 72.9 Å². The van der Waals surface area contributed by atoms with E-state index in [2.05, 4.69) is 39.7 Å². The molecule has 0 aliphatic carbocycles. The molecule has 2 atom stereocenters. The normalized spacial score (nSPS) is 17.2. The van der Waals surface area contributed by atoms with Gasteiger partial charge in [0, 0.05) is 29.3 Å². The molecule has 1 aliphatic heterocycles. The predicted molar refractivity (Wildman–Crippen MR) is 143 cm³/mol. The van der Waals surface area contributed by atoms with Crippen molar-refractivity contribution < 1.29 is 13.9 Å². The second-order valence-corrected chi connectivity index (χ2v) is 9.06. The van der Waals surface area contributed by atoms with E-state index in [1.54, 1.807) is 32.5 Å². The molecule has 1 saturated heterocycles. The van der Waals surface area contributed by atoms with Crippen LogP contribution in [0.25, 0.3) is 5.69 Å². The third kappa shape index (κ3) is 4.07. The lowest BCUT2D eigenvalue weighted by Crippen LogP contribution is -2.30. The maximum absolute atomic E-state index is 13.6. The van der Waals surface area contributed by atoms with E-state index >= 15 is 0 Å². The summed E-state index contributed by atoms with van der Waals surface area (Å²) in [5, 5.41) is 4.07. The number of hydrogen-bond acceptors (Lipinski definition) is 4. The zero-order valence-electron chi connectivity index (χ0n) is 20.5. The third-order valence-corrected chi connectivity index (χ3v) is 6.93. The van der Waals surface area contributed by atoms with Gasteiger partial charge in [-0.15, -0.1) is 0 Å². The number of halogens is 1. The van der Waals surface area contributed by atoms with Crippen molar-refractivity contribution >= 4 is 23.0 Å². The number of benzene rings is 2. The Bertz CT molecular complexity index is 1410. The molecule has 184 valence electrons. The summed E-state index contributed by atoms with van der Waals surface area (Å²) in [4.78, 5) is 6.73. The van der Waals surface area contributed by atoms with Gasteiger partial charge in [0.1, 0.15) is 17.3 Å². The molecular formula is C28H27FN4O2S. The Hall–Kier alpha value is -3.91. The lowest BCUT2D eigenvalue weighted by molar-refractivity contribution is 0.394. The number of ether oxygens (including phenoxy) is 2. The highest BCUT2D eigenvalue weighted by Gasteiger charge is 2.43. The zero-order valence-corrected chi connectivity index (χ0v) is 21.3. The second kappa shape index (κ2) is 9.62. The summed E-state index contributed by atoms with van der Waals surface area (Å²) in [6.07, 6.45) is 1.79. The number of nitrogens with zero attached hydrogens (tertiary/aromatic N) is 3. The van der Waals surface area contributed by atoms with E-state index in [4.69, 9.17) is 21.7 Å². The van der Waals surface area contributed by atoms with Crippen molar-refractivity contribution in [2.75, 3.05) is 19.1 Å². The Morgan fingerprint density at radius 2 is 1.75 bits per heavy atom. The van der Waals surface area contributed by atoms with Gasteiger partial charge in [-0.2, -0.15) is 0 Å². The summed E-state index contributed by atoms with van der Waals surface area (Å²) in [7, 11) is 3.26. The van der Waals surface area contributed by atoms with Crippen molar-refractivity contribution in [1.29, 1.82) is 0 Å². The Balaban J connectivity index is 1.69. The maximum atomic E-state index is 13.6. The molecule has 5 rings (SSSR count). The SMILES string of the molecule is COc1ccc(N2C(=S)N[C@@H](c3ccccn3)[C@@H]2c2cc(C)n(-c3ccc(F)cc3)c2C)c(OC)c1. The first kappa shape index (κ1) is 23.8. The van der Waals surface area contributed by atoms with Gasteiger partial charge < -0.3 is 24.3 Å². The molecule has 2 aromatic heterocycles.